The lowest BCUT2D eigenvalue weighted by Crippen LogP contribution is -2.69. The quantitative estimate of drug-likeness (QED) is 0.180. The molecule has 6 aliphatic rings. The van der Waals surface area contributed by atoms with Crippen molar-refractivity contribution >= 4 is 29.0 Å². The van der Waals surface area contributed by atoms with Crippen molar-refractivity contribution < 1.29 is 34.4 Å². The number of carbonyl (C=O) groups is 2. The highest BCUT2D eigenvalue weighted by atomic mass is 16.5. The molecule has 5 aliphatic heterocycles. The number of H-pyrrole nitrogens is 1. The molecular formula is C40H48N4O7. The number of hydrogen-bond acceptors (Lipinski definition) is 9. The monoisotopic (exact) mass is 696 g/mol. The summed E-state index contributed by atoms with van der Waals surface area (Å²) in [7, 11) is 3.02. The van der Waals surface area contributed by atoms with E-state index in [1.807, 2.05) is 37.3 Å². The van der Waals surface area contributed by atoms with Crippen LogP contribution in [0.25, 0.3) is 10.9 Å². The number of rotatable bonds is 5. The van der Waals surface area contributed by atoms with Crippen LogP contribution in [-0.4, -0.2) is 119 Å². The number of aliphatic hydroxyl groups excluding tert-OH is 2. The van der Waals surface area contributed by atoms with Gasteiger partial charge in [0.1, 0.15) is 17.3 Å². The van der Waals surface area contributed by atoms with Crippen molar-refractivity contribution in [1.29, 1.82) is 0 Å². The number of benzene rings is 2. The van der Waals surface area contributed by atoms with Gasteiger partial charge in [0.05, 0.1) is 37.7 Å². The van der Waals surface area contributed by atoms with E-state index in [1.165, 1.54) is 7.11 Å². The number of para-hydroxylation sites is 1. The van der Waals surface area contributed by atoms with Crippen LogP contribution >= 0.6 is 0 Å². The van der Waals surface area contributed by atoms with Crippen LogP contribution in [0, 0.1) is 11.8 Å². The number of fused-ring (bicyclic) bond motifs is 6. The third kappa shape index (κ3) is 4.35. The molecule has 1 aliphatic carbocycles. The topological polar surface area (TPSA) is 139 Å². The number of piperidine rings is 1. The lowest BCUT2D eigenvalue weighted by molar-refractivity contribution is -0.147. The maximum absolute atomic E-state index is 15.0. The van der Waals surface area contributed by atoms with Crippen molar-refractivity contribution in [2.75, 3.05) is 51.8 Å². The summed E-state index contributed by atoms with van der Waals surface area (Å²) in [6.07, 6.45) is 5.49. The standard InChI is InChI=1S/C40H48N4O7/c1-4-38(49)18-23-19-40(37(48)51-3,34-25(11-14-42(20-23)21-38)24-8-5-6-10-29(24)41-34)28-16-27-30(17-31(28)50-2)44(22-45)36-33(47)32(46)26-9-7-13-43-15-12-39(27,36)35(26)43/h5-10,16-17,22-23,26,32-33,35-36,41,46-47,49H,4,11-15,18-21H2,1-3H3/t23-,26?,32+,33+,35?,36-,38-,39+,40-/m0/s1. The Balaban J connectivity index is 1.34. The Morgan fingerprint density at radius 2 is 1.90 bits per heavy atom. The first kappa shape index (κ1) is 33.1. The van der Waals surface area contributed by atoms with Gasteiger partial charge in [-0.15, -0.1) is 0 Å². The van der Waals surface area contributed by atoms with E-state index in [0.29, 0.717) is 55.6 Å². The van der Waals surface area contributed by atoms with Crippen LogP contribution in [0.2, 0.25) is 0 Å². The fourth-order valence-electron chi connectivity index (χ4n) is 11.7. The molecule has 9 rings (SSSR count). The number of nitrogens with zero attached hydrogens (tertiary/aromatic N) is 3. The van der Waals surface area contributed by atoms with Crippen LogP contribution in [0.1, 0.15) is 55.0 Å². The minimum atomic E-state index is -1.37. The number of hydrogen-bond donors (Lipinski definition) is 4. The molecule has 51 heavy (non-hydrogen) atoms. The van der Waals surface area contributed by atoms with E-state index in [4.69, 9.17) is 9.47 Å². The van der Waals surface area contributed by atoms with Gasteiger partial charge in [0.2, 0.25) is 6.41 Å². The predicted octanol–water partition coefficient (Wildman–Crippen LogP) is 2.62. The Kier molecular flexibility index (Phi) is 7.55. The molecule has 6 heterocycles. The highest BCUT2D eigenvalue weighted by Gasteiger charge is 2.69. The number of anilines is 1. The smallest absolute Gasteiger partial charge is 0.322 e. The molecule has 10 atom stereocenters. The summed E-state index contributed by atoms with van der Waals surface area (Å²) in [5, 5.41) is 36.2. The minimum Gasteiger partial charge on any atom is -0.496 e. The average molecular weight is 697 g/mol. The Bertz CT molecular complexity index is 1940. The SMILES string of the molecule is CC[C@]1(O)C[C@@H]2CN(CCc3c([nH]c4ccccc34)[C@@](C(=O)OC)(c3cc4c(cc3OC)N(C=O)[C@H]3[C@H](O)[C@H](O)C5C=CCN6CC[C@]43C56)C2)C1. The Labute approximate surface area is 297 Å². The van der Waals surface area contributed by atoms with E-state index in [0.717, 1.165) is 60.3 Å². The number of ether oxygens (including phenoxy) is 2. The number of esters is 1. The summed E-state index contributed by atoms with van der Waals surface area (Å²) in [5.41, 5.74) is 1.94. The van der Waals surface area contributed by atoms with Crippen LogP contribution in [-0.2, 0) is 31.6 Å². The number of methoxy groups -OCH3 is 2. The molecule has 11 nitrogen and oxygen atoms in total. The molecule has 11 heteroatoms. The van der Waals surface area contributed by atoms with Crippen molar-refractivity contribution in [2.45, 2.75) is 79.8 Å². The molecule has 1 saturated carbocycles. The van der Waals surface area contributed by atoms with Gasteiger partial charge in [-0.2, -0.15) is 0 Å². The van der Waals surface area contributed by atoms with Gasteiger partial charge in [0.15, 0.2) is 0 Å². The Morgan fingerprint density at radius 1 is 1.08 bits per heavy atom. The average Bonchev–Trinajstić information content (AvgIpc) is 3.81. The second kappa shape index (κ2) is 11.6. The molecule has 2 aromatic carbocycles. The Hall–Kier alpha value is -3.74. The summed E-state index contributed by atoms with van der Waals surface area (Å²) < 4.78 is 12.1. The fourth-order valence-corrected chi connectivity index (χ4v) is 11.7. The van der Waals surface area contributed by atoms with Crippen molar-refractivity contribution in [1.82, 2.24) is 14.8 Å². The van der Waals surface area contributed by atoms with Crippen LogP contribution in [0.15, 0.2) is 48.6 Å². The number of aromatic amines is 1. The maximum atomic E-state index is 15.0. The van der Waals surface area contributed by atoms with E-state index < -0.39 is 40.7 Å². The van der Waals surface area contributed by atoms with Gasteiger partial charge < -0.3 is 34.7 Å². The third-order valence-electron chi connectivity index (χ3n) is 13.8. The highest BCUT2D eigenvalue weighted by molar-refractivity contribution is 5.95. The van der Waals surface area contributed by atoms with Gasteiger partial charge in [-0.3, -0.25) is 19.4 Å². The van der Waals surface area contributed by atoms with Crippen LogP contribution in [0.5, 0.6) is 5.75 Å². The van der Waals surface area contributed by atoms with Gasteiger partial charge in [-0.1, -0.05) is 37.3 Å². The minimum absolute atomic E-state index is 0.0583. The second-order valence-corrected chi connectivity index (χ2v) is 16.0. The van der Waals surface area contributed by atoms with Gasteiger partial charge in [0.25, 0.3) is 0 Å². The molecule has 3 fully saturated rings. The molecule has 3 aromatic rings. The number of aromatic nitrogens is 1. The van der Waals surface area contributed by atoms with E-state index in [1.54, 1.807) is 12.0 Å². The number of amides is 1. The third-order valence-corrected chi connectivity index (χ3v) is 13.8. The van der Waals surface area contributed by atoms with E-state index in [-0.39, 0.29) is 17.9 Å². The lowest BCUT2D eigenvalue weighted by atomic mass is 9.58. The summed E-state index contributed by atoms with van der Waals surface area (Å²) >= 11 is 0. The summed E-state index contributed by atoms with van der Waals surface area (Å²) in [6, 6.07) is 11.2. The lowest BCUT2D eigenvalue weighted by Gasteiger charge is -2.53. The van der Waals surface area contributed by atoms with E-state index in [2.05, 4.69) is 33.0 Å². The van der Waals surface area contributed by atoms with Crippen molar-refractivity contribution in [3.63, 3.8) is 0 Å². The van der Waals surface area contributed by atoms with Crippen LogP contribution in [0.3, 0.4) is 0 Å². The number of carbonyl (C=O) groups excluding carboxylic acids is 2. The van der Waals surface area contributed by atoms with E-state index >= 15 is 4.79 Å². The van der Waals surface area contributed by atoms with Crippen LogP contribution < -0.4 is 9.64 Å². The molecule has 4 N–H and O–H groups in total. The zero-order valence-electron chi connectivity index (χ0n) is 29.5. The number of nitrogens with one attached hydrogen (secondary N) is 1. The summed E-state index contributed by atoms with van der Waals surface area (Å²) in [6.45, 7) is 5.54. The van der Waals surface area contributed by atoms with Gasteiger partial charge in [0, 0.05) is 71.8 Å². The van der Waals surface area contributed by atoms with Gasteiger partial charge in [-0.25, -0.2) is 0 Å². The van der Waals surface area contributed by atoms with Crippen LogP contribution in [0.4, 0.5) is 5.69 Å². The normalized spacial score (nSPS) is 38.2. The molecule has 270 valence electrons. The Morgan fingerprint density at radius 3 is 2.67 bits per heavy atom. The van der Waals surface area contributed by atoms with Gasteiger partial charge >= 0.3 is 5.97 Å². The summed E-state index contributed by atoms with van der Waals surface area (Å²) in [5.74, 6) is -0.361. The largest absolute Gasteiger partial charge is 0.496 e. The van der Waals surface area contributed by atoms with Crippen molar-refractivity contribution in [3.05, 3.63) is 70.9 Å². The van der Waals surface area contributed by atoms with Crippen molar-refractivity contribution in [3.8, 4) is 5.75 Å². The molecule has 0 radical (unpaired) electrons. The zero-order valence-corrected chi connectivity index (χ0v) is 29.5. The van der Waals surface area contributed by atoms with E-state index in [9.17, 15) is 20.1 Å². The first-order chi connectivity index (χ1) is 24.6. The zero-order chi connectivity index (χ0) is 35.4. The summed E-state index contributed by atoms with van der Waals surface area (Å²) in [4.78, 5) is 38.1. The molecule has 3 unspecified atom stereocenters. The maximum Gasteiger partial charge on any atom is 0.322 e. The molecule has 1 aromatic heterocycles. The van der Waals surface area contributed by atoms with Gasteiger partial charge in [-0.05, 0) is 67.8 Å². The number of aliphatic hydroxyl groups is 3. The molecule has 1 amide bonds. The molecule has 2 bridgehead atoms. The second-order valence-electron chi connectivity index (χ2n) is 16.0. The van der Waals surface area contributed by atoms with Crippen molar-refractivity contribution in [2.24, 2.45) is 11.8 Å². The molecule has 2 saturated heterocycles. The predicted molar refractivity (Wildman–Crippen MR) is 191 cm³/mol. The fraction of sp³-hybridized carbons (Fsp3) is 0.550. The molecule has 1 spiro atoms. The molecular weight excluding hydrogens is 648 g/mol. The first-order valence-electron chi connectivity index (χ1n) is 18.5. The first-order valence-corrected chi connectivity index (χ1v) is 18.5. The highest BCUT2D eigenvalue weighted by Crippen LogP contribution is 2.62.